The number of esters is 1. The molecule has 0 saturated carbocycles. The second kappa shape index (κ2) is 9.91. The number of para-hydroxylation sites is 1. The van der Waals surface area contributed by atoms with Gasteiger partial charge in [-0.05, 0) is 19.1 Å². The van der Waals surface area contributed by atoms with Crippen molar-refractivity contribution in [2.75, 3.05) is 13.2 Å². The van der Waals surface area contributed by atoms with Gasteiger partial charge in [-0.3, -0.25) is 10.1 Å². The van der Waals surface area contributed by atoms with Crippen molar-refractivity contribution in [3.8, 4) is 5.75 Å². The number of imide groups is 1. The molecule has 0 unspecified atom stereocenters. The third-order valence-electron chi connectivity index (χ3n) is 3.35. The van der Waals surface area contributed by atoms with E-state index in [0.717, 1.165) is 0 Å². The van der Waals surface area contributed by atoms with Gasteiger partial charge in [-0.15, -0.1) is 0 Å². The van der Waals surface area contributed by atoms with Crippen LogP contribution >= 0.6 is 0 Å². The lowest BCUT2D eigenvalue weighted by molar-refractivity contribution is -0.158. The van der Waals surface area contributed by atoms with E-state index in [4.69, 9.17) is 9.47 Å². The summed E-state index contributed by atoms with van der Waals surface area (Å²) in [6, 6.07) is 13.1. The summed E-state index contributed by atoms with van der Waals surface area (Å²) >= 11 is 0. The second-order valence-electron chi connectivity index (χ2n) is 5.35. The maximum atomic E-state index is 13.5. The molecule has 27 heavy (non-hydrogen) atoms. The molecular weight excluding hydrogens is 355 g/mol. The third-order valence-corrected chi connectivity index (χ3v) is 3.35. The van der Waals surface area contributed by atoms with Crippen LogP contribution in [0.15, 0.2) is 54.6 Å². The van der Waals surface area contributed by atoms with Crippen molar-refractivity contribution >= 4 is 17.9 Å². The Balaban J connectivity index is 2.05. The van der Waals surface area contributed by atoms with Crippen LogP contribution in [-0.4, -0.2) is 31.1 Å². The molecule has 0 heterocycles. The maximum absolute atomic E-state index is 13.5. The number of nitrogens with one attached hydrogen (secondary N) is 2. The summed E-state index contributed by atoms with van der Waals surface area (Å²) in [5.41, 5.74) is 0.374. The van der Waals surface area contributed by atoms with Gasteiger partial charge < -0.3 is 14.8 Å². The Bertz CT molecular complexity index is 798. The fourth-order valence-corrected chi connectivity index (χ4v) is 2.15. The third kappa shape index (κ3) is 6.10. The molecule has 0 bridgehead atoms. The van der Waals surface area contributed by atoms with E-state index in [1.807, 2.05) is 0 Å². The number of ether oxygens (including phenoxy) is 2. The minimum absolute atomic E-state index is 0.113. The predicted octanol–water partition coefficient (Wildman–Crippen LogP) is 2.33. The lowest BCUT2D eigenvalue weighted by Gasteiger charge is -2.18. The Morgan fingerprint density at radius 2 is 1.70 bits per heavy atom. The number of urea groups is 1. The Kier molecular flexibility index (Phi) is 7.30. The van der Waals surface area contributed by atoms with Crippen molar-refractivity contribution in [3.63, 3.8) is 0 Å². The monoisotopic (exact) mass is 374 g/mol. The van der Waals surface area contributed by atoms with Gasteiger partial charge in [0.2, 0.25) is 6.10 Å². The molecule has 2 rings (SSSR count). The Labute approximate surface area is 155 Å². The van der Waals surface area contributed by atoms with Crippen molar-refractivity contribution in [2.45, 2.75) is 13.0 Å². The van der Waals surface area contributed by atoms with Crippen LogP contribution in [0.2, 0.25) is 0 Å². The standard InChI is InChI=1S/C19H19FN2O5/c1-2-21-19(25)22-18(24)17(13-8-4-3-5-9-13)27-16(23)12-26-15-11-7-6-10-14(15)20/h3-11,17H,2,12H2,1H3,(H2,21,22,24,25)/t17-/m0/s1. The van der Waals surface area contributed by atoms with Crippen molar-refractivity contribution in [3.05, 3.63) is 66.0 Å². The first-order valence-electron chi connectivity index (χ1n) is 8.21. The summed E-state index contributed by atoms with van der Waals surface area (Å²) in [5, 5.41) is 4.51. The molecule has 0 aromatic heterocycles. The van der Waals surface area contributed by atoms with Crippen LogP contribution in [0.25, 0.3) is 0 Å². The number of amides is 3. The van der Waals surface area contributed by atoms with Gasteiger partial charge in [0.1, 0.15) is 0 Å². The van der Waals surface area contributed by atoms with Gasteiger partial charge in [0, 0.05) is 12.1 Å². The van der Waals surface area contributed by atoms with E-state index in [1.54, 1.807) is 43.3 Å². The summed E-state index contributed by atoms with van der Waals surface area (Å²) in [6.45, 7) is 1.42. The Morgan fingerprint density at radius 1 is 1.04 bits per heavy atom. The zero-order valence-electron chi connectivity index (χ0n) is 14.6. The topological polar surface area (TPSA) is 93.7 Å². The van der Waals surface area contributed by atoms with Crippen LogP contribution in [0.4, 0.5) is 9.18 Å². The van der Waals surface area contributed by atoms with E-state index < -0.39 is 36.4 Å². The van der Waals surface area contributed by atoms with Crippen LogP contribution in [0.3, 0.4) is 0 Å². The number of hydrogen-bond acceptors (Lipinski definition) is 5. The summed E-state index contributed by atoms with van der Waals surface area (Å²) in [6.07, 6.45) is -1.36. The highest BCUT2D eigenvalue weighted by atomic mass is 19.1. The minimum atomic E-state index is -1.36. The van der Waals surface area contributed by atoms with E-state index in [1.165, 1.54) is 18.2 Å². The molecule has 8 heteroatoms. The van der Waals surface area contributed by atoms with Gasteiger partial charge in [0.25, 0.3) is 5.91 Å². The van der Waals surface area contributed by atoms with Gasteiger partial charge in [0.05, 0.1) is 0 Å². The lowest BCUT2D eigenvalue weighted by atomic mass is 10.1. The second-order valence-corrected chi connectivity index (χ2v) is 5.35. The summed E-state index contributed by atoms with van der Waals surface area (Å²) < 4.78 is 23.8. The minimum Gasteiger partial charge on any atom is -0.479 e. The Morgan fingerprint density at radius 3 is 2.37 bits per heavy atom. The zero-order valence-corrected chi connectivity index (χ0v) is 14.6. The average molecular weight is 374 g/mol. The number of carbonyl (C=O) groups is 3. The molecule has 2 aromatic carbocycles. The van der Waals surface area contributed by atoms with Crippen molar-refractivity contribution in [1.29, 1.82) is 0 Å². The molecule has 0 aliphatic rings. The molecule has 0 aliphatic carbocycles. The number of carbonyl (C=O) groups excluding carboxylic acids is 3. The number of halogens is 1. The van der Waals surface area contributed by atoms with Crippen LogP contribution in [0.1, 0.15) is 18.6 Å². The largest absolute Gasteiger partial charge is 0.479 e. The SMILES string of the molecule is CCNC(=O)NC(=O)[C@@H](OC(=O)COc1ccccc1F)c1ccccc1. The predicted molar refractivity (Wildman–Crippen MR) is 94.4 cm³/mol. The fourth-order valence-electron chi connectivity index (χ4n) is 2.15. The molecule has 2 aromatic rings. The van der Waals surface area contributed by atoms with Crippen molar-refractivity contribution in [2.24, 2.45) is 0 Å². The van der Waals surface area contributed by atoms with E-state index in [9.17, 15) is 18.8 Å². The van der Waals surface area contributed by atoms with Crippen LogP contribution in [0.5, 0.6) is 5.75 Å². The molecule has 142 valence electrons. The molecule has 7 nitrogen and oxygen atoms in total. The summed E-state index contributed by atoms with van der Waals surface area (Å²) in [4.78, 5) is 36.0. The molecular formula is C19H19FN2O5. The first-order chi connectivity index (χ1) is 13.0. The highest BCUT2D eigenvalue weighted by Crippen LogP contribution is 2.19. The molecule has 2 N–H and O–H groups in total. The van der Waals surface area contributed by atoms with Crippen molar-refractivity contribution < 1.29 is 28.2 Å². The average Bonchev–Trinajstić information content (AvgIpc) is 2.66. The van der Waals surface area contributed by atoms with Crippen LogP contribution in [0, 0.1) is 5.82 Å². The lowest BCUT2D eigenvalue weighted by Crippen LogP contribution is -2.42. The summed E-state index contributed by atoms with van der Waals surface area (Å²) in [7, 11) is 0. The number of benzene rings is 2. The fraction of sp³-hybridized carbons (Fsp3) is 0.211. The van der Waals surface area contributed by atoms with Gasteiger partial charge in [-0.1, -0.05) is 42.5 Å². The van der Waals surface area contributed by atoms with E-state index in [2.05, 4.69) is 10.6 Å². The highest BCUT2D eigenvalue weighted by molar-refractivity contribution is 5.97. The highest BCUT2D eigenvalue weighted by Gasteiger charge is 2.26. The Hall–Kier alpha value is -3.42. The van der Waals surface area contributed by atoms with Gasteiger partial charge in [-0.2, -0.15) is 0 Å². The number of hydrogen-bond donors (Lipinski definition) is 2. The first-order valence-corrected chi connectivity index (χ1v) is 8.21. The van der Waals surface area contributed by atoms with E-state index >= 15 is 0 Å². The molecule has 0 radical (unpaired) electrons. The van der Waals surface area contributed by atoms with Crippen LogP contribution in [-0.2, 0) is 14.3 Å². The first kappa shape index (κ1) is 19.9. The van der Waals surface area contributed by atoms with E-state index in [0.29, 0.717) is 12.1 Å². The van der Waals surface area contributed by atoms with Crippen LogP contribution < -0.4 is 15.4 Å². The smallest absolute Gasteiger partial charge is 0.345 e. The molecule has 1 atom stereocenters. The van der Waals surface area contributed by atoms with E-state index in [-0.39, 0.29) is 5.75 Å². The molecule has 0 aliphatic heterocycles. The van der Waals surface area contributed by atoms with Gasteiger partial charge in [0.15, 0.2) is 18.2 Å². The quantitative estimate of drug-likeness (QED) is 0.726. The zero-order chi connectivity index (χ0) is 19.6. The van der Waals surface area contributed by atoms with Crippen molar-refractivity contribution in [1.82, 2.24) is 10.6 Å². The molecule has 0 fully saturated rings. The van der Waals surface area contributed by atoms with Gasteiger partial charge >= 0.3 is 12.0 Å². The van der Waals surface area contributed by atoms with Gasteiger partial charge in [-0.25, -0.2) is 14.0 Å². The number of rotatable bonds is 7. The molecule has 0 spiro atoms. The molecule has 0 saturated heterocycles. The molecule has 3 amide bonds. The normalized spacial score (nSPS) is 11.2. The maximum Gasteiger partial charge on any atom is 0.345 e. The summed E-state index contributed by atoms with van der Waals surface area (Å²) in [5.74, 6) is -2.44.